The molecule has 2 unspecified atom stereocenters. The number of rotatable bonds is 4. The van der Waals surface area contributed by atoms with E-state index in [4.69, 9.17) is 4.74 Å². The van der Waals surface area contributed by atoms with Gasteiger partial charge in [-0.2, -0.15) is 0 Å². The Bertz CT molecular complexity index is 268. The van der Waals surface area contributed by atoms with Crippen molar-refractivity contribution in [3.8, 4) is 0 Å². The van der Waals surface area contributed by atoms with Crippen LogP contribution in [-0.4, -0.2) is 43.4 Å². The zero-order valence-corrected chi connectivity index (χ0v) is 12.7. The van der Waals surface area contributed by atoms with Crippen LogP contribution in [0.15, 0.2) is 0 Å². The molecule has 0 radical (unpaired) electrons. The predicted octanol–water partition coefficient (Wildman–Crippen LogP) is 1.63. The van der Waals surface area contributed by atoms with Gasteiger partial charge in [-0.15, -0.1) is 0 Å². The van der Waals surface area contributed by atoms with Crippen molar-refractivity contribution in [1.82, 2.24) is 16.0 Å². The molecule has 3 N–H and O–H groups in total. The van der Waals surface area contributed by atoms with Gasteiger partial charge in [0.1, 0.15) is 5.60 Å². The van der Waals surface area contributed by atoms with Crippen LogP contribution in [0.2, 0.25) is 0 Å². The number of alkyl carbamates (subject to hydrolysis) is 1. The molecule has 0 aromatic carbocycles. The van der Waals surface area contributed by atoms with Crippen molar-refractivity contribution in [2.75, 3.05) is 19.6 Å². The Balaban J connectivity index is 2.19. The van der Waals surface area contributed by atoms with Gasteiger partial charge in [-0.1, -0.05) is 0 Å². The Labute approximate surface area is 116 Å². The molecule has 5 heteroatoms. The number of carbonyl (C=O) groups is 1. The maximum Gasteiger partial charge on any atom is 0.407 e. The molecule has 0 saturated carbocycles. The van der Waals surface area contributed by atoms with Crippen molar-refractivity contribution in [3.63, 3.8) is 0 Å². The highest BCUT2D eigenvalue weighted by molar-refractivity contribution is 5.68. The van der Waals surface area contributed by atoms with Crippen molar-refractivity contribution in [1.29, 1.82) is 0 Å². The monoisotopic (exact) mass is 271 g/mol. The molecule has 19 heavy (non-hydrogen) atoms. The number of hydrogen-bond donors (Lipinski definition) is 3. The zero-order chi connectivity index (χ0) is 14.3. The number of hydrogen-bond acceptors (Lipinski definition) is 4. The lowest BCUT2D eigenvalue weighted by Gasteiger charge is -2.23. The third-order valence-corrected chi connectivity index (χ3v) is 3.05. The summed E-state index contributed by atoms with van der Waals surface area (Å²) in [5.74, 6) is 0. The maximum absolute atomic E-state index is 11.6. The standard InChI is InChI=1S/C14H29N3O2/c1-11(17-13(18)19-14(2,3)4)10-16-12-6-5-8-15-9-7-12/h11-12,15-16H,5-10H2,1-4H3,(H,17,18). The highest BCUT2D eigenvalue weighted by Crippen LogP contribution is 2.07. The van der Waals surface area contributed by atoms with Crippen molar-refractivity contribution in [2.45, 2.75) is 64.6 Å². The average Bonchev–Trinajstić information content (AvgIpc) is 2.51. The van der Waals surface area contributed by atoms with E-state index in [1.165, 1.54) is 12.8 Å². The molecule has 1 rings (SSSR count). The summed E-state index contributed by atoms with van der Waals surface area (Å²) in [6, 6.07) is 0.629. The molecule has 0 bridgehead atoms. The Morgan fingerprint density at radius 2 is 2.11 bits per heavy atom. The molecule has 1 heterocycles. The Morgan fingerprint density at radius 1 is 1.37 bits per heavy atom. The fourth-order valence-corrected chi connectivity index (χ4v) is 2.13. The lowest BCUT2D eigenvalue weighted by atomic mass is 10.1. The summed E-state index contributed by atoms with van der Waals surface area (Å²) >= 11 is 0. The average molecular weight is 271 g/mol. The highest BCUT2D eigenvalue weighted by atomic mass is 16.6. The minimum absolute atomic E-state index is 0.0751. The summed E-state index contributed by atoms with van der Waals surface area (Å²) in [5, 5.41) is 9.76. The van der Waals surface area contributed by atoms with Crippen LogP contribution < -0.4 is 16.0 Å². The summed E-state index contributed by atoms with van der Waals surface area (Å²) in [7, 11) is 0. The molecule has 1 amide bonds. The van der Waals surface area contributed by atoms with E-state index in [1.807, 2.05) is 27.7 Å². The van der Waals surface area contributed by atoms with Gasteiger partial charge in [0.25, 0.3) is 0 Å². The largest absolute Gasteiger partial charge is 0.444 e. The van der Waals surface area contributed by atoms with Crippen LogP contribution in [0.25, 0.3) is 0 Å². The van der Waals surface area contributed by atoms with Crippen molar-refractivity contribution in [3.05, 3.63) is 0 Å². The van der Waals surface area contributed by atoms with Gasteiger partial charge in [0, 0.05) is 18.6 Å². The Morgan fingerprint density at radius 3 is 2.79 bits per heavy atom. The van der Waals surface area contributed by atoms with Gasteiger partial charge in [0.2, 0.25) is 0 Å². The smallest absolute Gasteiger partial charge is 0.407 e. The molecule has 0 spiro atoms. The van der Waals surface area contributed by atoms with E-state index < -0.39 is 5.60 Å². The Kier molecular flexibility index (Phi) is 6.58. The predicted molar refractivity (Wildman–Crippen MR) is 77.3 cm³/mol. The first-order valence-electron chi connectivity index (χ1n) is 7.30. The van der Waals surface area contributed by atoms with E-state index in [0.717, 1.165) is 26.1 Å². The summed E-state index contributed by atoms with van der Waals surface area (Å²) < 4.78 is 5.23. The van der Waals surface area contributed by atoms with Crippen molar-refractivity contribution < 1.29 is 9.53 Å². The fourth-order valence-electron chi connectivity index (χ4n) is 2.13. The summed E-state index contributed by atoms with van der Waals surface area (Å²) in [4.78, 5) is 11.6. The van der Waals surface area contributed by atoms with Gasteiger partial charge in [-0.05, 0) is 60.0 Å². The number of nitrogens with one attached hydrogen (secondary N) is 3. The van der Waals surface area contributed by atoms with Gasteiger partial charge < -0.3 is 20.7 Å². The molecule has 1 fully saturated rings. The molecule has 0 aromatic rings. The quantitative estimate of drug-likeness (QED) is 0.727. The minimum Gasteiger partial charge on any atom is -0.444 e. The molecule has 1 saturated heterocycles. The molecule has 112 valence electrons. The molecule has 2 atom stereocenters. The fraction of sp³-hybridized carbons (Fsp3) is 0.929. The van der Waals surface area contributed by atoms with E-state index in [2.05, 4.69) is 16.0 Å². The molecule has 0 aromatic heterocycles. The van der Waals surface area contributed by atoms with Crippen LogP contribution in [-0.2, 0) is 4.74 Å². The van der Waals surface area contributed by atoms with Gasteiger partial charge in [-0.3, -0.25) is 0 Å². The lowest BCUT2D eigenvalue weighted by Crippen LogP contribution is -2.45. The molecular weight excluding hydrogens is 242 g/mol. The van der Waals surface area contributed by atoms with Crippen LogP contribution in [0.4, 0.5) is 4.79 Å². The third-order valence-electron chi connectivity index (χ3n) is 3.05. The topological polar surface area (TPSA) is 62.4 Å². The molecule has 5 nitrogen and oxygen atoms in total. The normalized spacial score (nSPS) is 22.4. The van der Waals surface area contributed by atoms with E-state index in [0.29, 0.717) is 6.04 Å². The number of carbonyl (C=O) groups excluding carboxylic acids is 1. The second-order valence-corrected chi connectivity index (χ2v) is 6.33. The van der Waals surface area contributed by atoms with Crippen molar-refractivity contribution in [2.24, 2.45) is 0 Å². The summed E-state index contributed by atoms with van der Waals surface area (Å²) in [5.41, 5.74) is -0.440. The van der Waals surface area contributed by atoms with Gasteiger partial charge in [0.15, 0.2) is 0 Å². The van der Waals surface area contributed by atoms with Crippen LogP contribution in [0.5, 0.6) is 0 Å². The van der Waals surface area contributed by atoms with Gasteiger partial charge in [-0.25, -0.2) is 4.79 Å². The number of amides is 1. The van der Waals surface area contributed by atoms with Gasteiger partial charge in [0.05, 0.1) is 0 Å². The first-order chi connectivity index (χ1) is 8.87. The second kappa shape index (κ2) is 7.70. The Hall–Kier alpha value is -0.810. The van der Waals surface area contributed by atoms with Crippen LogP contribution >= 0.6 is 0 Å². The first kappa shape index (κ1) is 16.2. The SMILES string of the molecule is CC(CNC1CCCNCC1)NC(=O)OC(C)(C)C. The van der Waals surface area contributed by atoms with E-state index >= 15 is 0 Å². The number of ether oxygens (including phenoxy) is 1. The maximum atomic E-state index is 11.6. The van der Waals surface area contributed by atoms with Crippen LogP contribution in [0.1, 0.15) is 47.0 Å². The lowest BCUT2D eigenvalue weighted by molar-refractivity contribution is 0.0507. The molecule has 1 aliphatic heterocycles. The molecule has 0 aliphatic carbocycles. The molecule has 1 aliphatic rings. The third kappa shape index (κ3) is 8.06. The summed E-state index contributed by atoms with van der Waals surface area (Å²) in [6.07, 6.45) is 3.22. The van der Waals surface area contributed by atoms with Crippen molar-refractivity contribution >= 4 is 6.09 Å². The zero-order valence-electron chi connectivity index (χ0n) is 12.7. The summed E-state index contributed by atoms with van der Waals surface area (Å²) in [6.45, 7) is 10.6. The van der Waals surface area contributed by atoms with Crippen LogP contribution in [0.3, 0.4) is 0 Å². The highest BCUT2D eigenvalue weighted by Gasteiger charge is 2.18. The second-order valence-electron chi connectivity index (χ2n) is 6.33. The first-order valence-corrected chi connectivity index (χ1v) is 7.30. The van der Waals surface area contributed by atoms with E-state index in [9.17, 15) is 4.79 Å². The molecular formula is C14H29N3O2. The minimum atomic E-state index is -0.440. The van der Waals surface area contributed by atoms with E-state index in [-0.39, 0.29) is 12.1 Å². The van der Waals surface area contributed by atoms with Gasteiger partial charge >= 0.3 is 6.09 Å². The van der Waals surface area contributed by atoms with E-state index in [1.54, 1.807) is 0 Å². The van der Waals surface area contributed by atoms with Crippen LogP contribution in [0, 0.1) is 0 Å².